The minimum atomic E-state index is -4.94. The van der Waals surface area contributed by atoms with E-state index >= 15 is 0 Å². The van der Waals surface area contributed by atoms with E-state index in [4.69, 9.17) is 37.0 Å². The molecule has 2 unspecified atom stereocenters. The molecule has 0 radical (unpaired) electrons. The molecule has 82 heavy (non-hydrogen) atoms. The van der Waals surface area contributed by atoms with Crippen LogP contribution in [0.3, 0.4) is 0 Å². The standard InChI is InChI=1S/C63H122O17P2/c1-7-9-11-13-15-17-23-27-34-40-46-61(66)74-51-58(79-62(67)47-41-35-28-24-20-18-19-22-25-31-37-43-55(3)4)53-77-81(69,70)75-49-57(64)50-76-82(71,72)78-54-59(80-63(68)48-42-36-30-29-32-38-44-56(5)6)52-73-60(65)45-39-33-26-21-16-14-12-10-8-2/h55-59,64H,7-54H2,1-6H3,(H,69,70)(H,71,72)/t57-,58-,59-/m1/s1. The molecule has 3 N–H and O–H groups in total. The molecule has 0 spiro atoms. The fraction of sp³-hybridized carbons (Fsp3) is 0.937. The SMILES string of the molecule is CCCCCCCCCCCCC(=O)OC[C@H](COP(=O)(O)OC[C@@H](O)COP(=O)(O)OC[C@@H](COC(=O)CCCCCCCCCCC)OC(=O)CCCCCCCCC(C)C)OC(=O)CCCCCCCCCCCCCC(C)C. The van der Waals surface area contributed by atoms with Gasteiger partial charge in [0.1, 0.15) is 19.3 Å². The molecule has 0 aliphatic heterocycles. The van der Waals surface area contributed by atoms with E-state index in [1.165, 1.54) is 128 Å². The van der Waals surface area contributed by atoms with Gasteiger partial charge in [-0.1, -0.05) is 260 Å². The summed E-state index contributed by atoms with van der Waals surface area (Å²) in [5.41, 5.74) is 0. The van der Waals surface area contributed by atoms with Gasteiger partial charge in [-0.25, -0.2) is 9.13 Å². The van der Waals surface area contributed by atoms with Crippen LogP contribution in [-0.2, 0) is 65.4 Å². The minimum Gasteiger partial charge on any atom is -0.462 e. The van der Waals surface area contributed by atoms with Crippen molar-refractivity contribution in [3.05, 3.63) is 0 Å². The van der Waals surface area contributed by atoms with Crippen LogP contribution in [0.15, 0.2) is 0 Å². The van der Waals surface area contributed by atoms with Gasteiger partial charge in [0.25, 0.3) is 0 Å². The minimum absolute atomic E-state index is 0.102. The molecule has 5 atom stereocenters. The van der Waals surface area contributed by atoms with E-state index in [0.717, 1.165) is 95.8 Å². The first-order chi connectivity index (χ1) is 39.4. The lowest BCUT2D eigenvalue weighted by Gasteiger charge is -2.21. The normalized spacial score (nSPS) is 14.3. The van der Waals surface area contributed by atoms with Crippen LogP contribution < -0.4 is 0 Å². The van der Waals surface area contributed by atoms with Gasteiger partial charge in [-0.3, -0.25) is 37.3 Å². The third-order valence-corrected chi connectivity index (χ3v) is 16.4. The third-order valence-electron chi connectivity index (χ3n) is 14.5. The van der Waals surface area contributed by atoms with Gasteiger partial charge in [0.2, 0.25) is 0 Å². The summed E-state index contributed by atoms with van der Waals surface area (Å²) in [6.07, 6.45) is 37.7. The highest BCUT2D eigenvalue weighted by atomic mass is 31.2. The molecule has 0 bridgehead atoms. The van der Waals surface area contributed by atoms with Gasteiger partial charge < -0.3 is 33.8 Å². The third kappa shape index (κ3) is 57.2. The summed E-state index contributed by atoms with van der Waals surface area (Å²) >= 11 is 0. The average molecular weight is 1210 g/mol. The Labute approximate surface area is 498 Å². The highest BCUT2D eigenvalue weighted by Crippen LogP contribution is 2.45. The molecule has 0 aliphatic carbocycles. The largest absolute Gasteiger partial charge is 0.472 e. The lowest BCUT2D eigenvalue weighted by Crippen LogP contribution is -2.30. The molecule has 0 amide bonds. The van der Waals surface area contributed by atoms with E-state index in [1.807, 2.05) is 0 Å². The van der Waals surface area contributed by atoms with Crippen molar-refractivity contribution in [3.63, 3.8) is 0 Å². The summed E-state index contributed by atoms with van der Waals surface area (Å²) in [5.74, 6) is -0.705. The van der Waals surface area contributed by atoms with Gasteiger partial charge in [0, 0.05) is 25.7 Å². The second kappa shape index (κ2) is 55.6. The van der Waals surface area contributed by atoms with Gasteiger partial charge in [0.15, 0.2) is 12.2 Å². The first-order valence-corrected chi connectivity index (χ1v) is 36.0. The first kappa shape index (κ1) is 80.1. The zero-order valence-corrected chi connectivity index (χ0v) is 54.6. The Balaban J connectivity index is 5.22. The zero-order chi connectivity index (χ0) is 60.8. The van der Waals surface area contributed by atoms with E-state index in [1.54, 1.807) is 0 Å². The zero-order valence-electron chi connectivity index (χ0n) is 52.8. The van der Waals surface area contributed by atoms with Crippen molar-refractivity contribution in [2.24, 2.45) is 11.8 Å². The molecule has 0 rings (SSSR count). The van der Waals surface area contributed by atoms with Crippen LogP contribution in [0.1, 0.15) is 311 Å². The summed E-state index contributed by atoms with van der Waals surface area (Å²) in [6.45, 7) is 9.37. The number of esters is 4. The number of aliphatic hydroxyl groups excluding tert-OH is 1. The predicted octanol–water partition coefficient (Wildman–Crippen LogP) is 17.3. The van der Waals surface area contributed by atoms with Crippen LogP contribution in [0.4, 0.5) is 0 Å². The number of phosphoric acid groups is 2. The molecular formula is C63H122O17P2. The van der Waals surface area contributed by atoms with E-state index in [-0.39, 0.29) is 25.7 Å². The smallest absolute Gasteiger partial charge is 0.462 e. The van der Waals surface area contributed by atoms with E-state index in [0.29, 0.717) is 31.6 Å². The number of aliphatic hydroxyl groups is 1. The number of hydrogen-bond donors (Lipinski definition) is 3. The Hall–Kier alpha value is -1.94. The second-order valence-corrected chi connectivity index (χ2v) is 26.7. The molecule has 486 valence electrons. The van der Waals surface area contributed by atoms with Crippen molar-refractivity contribution in [1.82, 2.24) is 0 Å². The van der Waals surface area contributed by atoms with Crippen molar-refractivity contribution in [2.75, 3.05) is 39.6 Å². The molecule has 0 heterocycles. The maximum absolute atomic E-state index is 13.0. The van der Waals surface area contributed by atoms with Crippen molar-refractivity contribution >= 4 is 39.5 Å². The first-order valence-electron chi connectivity index (χ1n) is 33.0. The summed E-state index contributed by atoms with van der Waals surface area (Å²) in [6, 6.07) is 0. The Morgan fingerprint density at radius 1 is 0.329 bits per heavy atom. The Morgan fingerprint density at radius 2 is 0.561 bits per heavy atom. The van der Waals surface area contributed by atoms with Gasteiger partial charge in [-0.05, 0) is 37.5 Å². The molecule has 17 nitrogen and oxygen atoms in total. The average Bonchev–Trinajstić information content (AvgIpc) is 3.43. The summed E-state index contributed by atoms with van der Waals surface area (Å²) in [4.78, 5) is 72.1. The van der Waals surface area contributed by atoms with Crippen LogP contribution in [0.25, 0.3) is 0 Å². The summed E-state index contributed by atoms with van der Waals surface area (Å²) in [5, 5.41) is 10.5. The molecule has 0 aromatic heterocycles. The van der Waals surface area contributed by atoms with Crippen molar-refractivity contribution in [1.29, 1.82) is 0 Å². The van der Waals surface area contributed by atoms with Gasteiger partial charge >= 0.3 is 39.5 Å². The fourth-order valence-corrected chi connectivity index (χ4v) is 10.9. The summed E-state index contributed by atoms with van der Waals surface area (Å²) < 4.78 is 67.9. The Kier molecular flexibility index (Phi) is 54.3. The number of carbonyl (C=O) groups excluding carboxylic acids is 4. The van der Waals surface area contributed by atoms with E-state index in [9.17, 15) is 43.2 Å². The van der Waals surface area contributed by atoms with Crippen LogP contribution in [0, 0.1) is 11.8 Å². The lowest BCUT2D eigenvalue weighted by atomic mass is 10.0. The molecule has 0 saturated heterocycles. The van der Waals surface area contributed by atoms with Gasteiger partial charge in [0.05, 0.1) is 26.4 Å². The Morgan fingerprint density at radius 3 is 0.829 bits per heavy atom. The number of hydrogen-bond acceptors (Lipinski definition) is 15. The number of phosphoric ester groups is 2. The second-order valence-electron chi connectivity index (χ2n) is 23.7. The maximum Gasteiger partial charge on any atom is 0.472 e. The number of carbonyl (C=O) groups is 4. The monoisotopic (exact) mass is 1210 g/mol. The van der Waals surface area contributed by atoms with Crippen LogP contribution in [-0.4, -0.2) is 96.7 Å². The quantitative estimate of drug-likeness (QED) is 0.0222. The topological polar surface area (TPSA) is 237 Å². The van der Waals surface area contributed by atoms with Crippen molar-refractivity contribution < 1.29 is 80.2 Å². The van der Waals surface area contributed by atoms with Crippen molar-refractivity contribution in [2.45, 2.75) is 330 Å². The van der Waals surface area contributed by atoms with Crippen LogP contribution in [0.5, 0.6) is 0 Å². The molecule has 0 aromatic rings. The van der Waals surface area contributed by atoms with Gasteiger partial charge in [-0.15, -0.1) is 0 Å². The molecule has 0 saturated carbocycles. The number of unbranched alkanes of at least 4 members (excludes halogenated alkanes) is 32. The highest BCUT2D eigenvalue weighted by molar-refractivity contribution is 7.47. The highest BCUT2D eigenvalue weighted by Gasteiger charge is 2.30. The molecule has 0 aromatic carbocycles. The Bertz CT molecular complexity index is 1620. The van der Waals surface area contributed by atoms with Crippen LogP contribution in [0.2, 0.25) is 0 Å². The van der Waals surface area contributed by atoms with E-state index in [2.05, 4.69) is 41.5 Å². The maximum atomic E-state index is 13.0. The summed E-state index contributed by atoms with van der Waals surface area (Å²) in [7, 11) is -9.88. The lowest BCUT2D eigenvalue weighted by molar-refractivity contribution is -0.161. The van der Waals surface area contributed by atoms with Crippen LogP contribution >= 0.6 is 15.6 Å². The van der Waals surface area contributed by atoms with Crippen molar-refractivity contribution in [3.8, 4) is 0 Å². The molecule has 0 aliphatic rings. The van der Waals surface area contributed by atoms with Gasteiger partial charge in [-0.2, -0.15) is 0 Å². The number of rotatable bonds is 62. The van der Waals surface area contributed by atoms with E-state index < -0.39 is 97.5 Å². The number of ether oxygens (including phenoxy) is 4. The predicted molar refractivity (Wildman–Crippen MR) is 326 cm³/mol. The molecule has 19 heteroatoms. The fourth-order valence-electron chi connectivity index (χ4n) is 9.35. The molecule has 0 fully saturated rings. The molecular weight excluding hydrogens is 1090 g/mol.